The van der Waals surface area contributed by atoms with Gasteiger partial charge in [-0.3, -0.25) is 14.0 Å². The highest BCUT2D eigenvalue weighted by Gasteiger charge is 2.47. The monoisotopic (exact) mass is 262 g/mol. The summed E-state index contributed by atoms with van der Waals surface area (Å²) in [5.74, 6) is -1.20. The average molecular weight is 262 g/mol. The van der Waals surface area contributed by atoms with E-state index in [1.165, 1.54) is 0 Å². The maximum absolute atomic E-state index is 12.4. The Hall–Kier alpha value is -1.13. The Balaban J connectivity index is 5.12. The molecule has 0 heterocycles. The van der Waals surface area contributed by atoms with E-state index in [9.17, 15) is 14.0 Å². The van der Waals surface area contributed by atoms with Crippen molar-refractivity contribution in [2.24, 2.45) is 5.41 Å². The maximum atomic E-state index is 12.4. The van der Waals surface area contributed by atoms with Crippen LogP contribution in [-0.2, 0) is 19.1 Å². The van der Waals surface area contributed by atoms with Gasteiger partial charge in [0.15, 0.2) is 5.41 Å². The van der Waals surface area contributed by atoms with Gasteiger partial charge in [0.25, 0.3) is 0 Å². The van der Waals surface area contributed by atoms with Crippen molar-refractivity contribution in [3.63, 3.8) is 0 Å². The molecule has 0 bridgehead atoms. The lowest BCUT2D eigenvalue weighted by Gasteiger charge is -2.28. The van der Waals surface area contributed by atoms with Crippen LogP contribution in [0, 0.1) is 5.41 Å². The quantitative estimate of drug-likeness (QED) is 0.473. The Morgan fingerprint density at radius 2 is 1.50 bits per heavy atom. The van der Waals surface area contributed by atoms with Crippen LogP contribution in [0.15, 0.2) is 0 Å². The molecule has 0 radical (unpaired) electrons. The highest BCUT2D eigenvalue weighted by molar-refractivity contribution is 6.00. The van der Waals surface area contributed by atoms with Gasteiger partial charge in [-0.25, -0.2) is 0 Å². The third-order valence-corrected chi connectivity index (χ3v) is 2.75. The predicted molar refractivity (Wildman–Crippen MR) is 65.8 cm³/mol. The first kappa shape index (κ1) is 16.9. The second kappa shape index (κ2) is 8.89. The van der Waals surface area contributed by atoms with Crippen LogP contribution in [0.2, 0.25) is 0 Å². The molecule has 18 heavy (non-hydrogen) atoms. The minimum atomic E-state index is -1.34. The van der Waals surface area contributed by atoms with Crippen molar-refractivity contribution in [3.8, 4) is 0 Å². The van der Waals surface area contributed by atoms with Crippen molar-refractivity contribution >= 4 is 11.9 Å². The van der Waals surface area contributed by atoms with Crippen molar-refractivity contribution in [1.82, 2.24) is 0 Å². The van der Waals surface area contributed by atoms with Crippen LogP contribution in [0.25, 0.3) is 0 Å². The lowest BCUT2D eigenvalue weighted by Crippen LogP contribution is -2.42. The predicted octanol–water partition coefficient (Wildman–Crippen LogP) is 2.65. The smallest absolute Gasteiger partial charge is 0.323 e. The summed E-state index contributed by atoms with van der Waals surface area (Å²) in [6, 6.07) is 0. The molecule has 0 atom stereocenters. The van der Waals surface area contributed by atoms with Crippen LogP contribution in [0.4, 0.5) is 4.39 Å². The normalized spacial score (nSPS) is 11.1. The van der Waals surface area contributed by atoms with Gasteiger partial charge in [0.2, 0.25) is 0 Å². The third-order valence-electron chi connectivity index (χ3n) is 2.75. The fourth-order valence-corrected chi connectivity index (χ4v) is 1.95. The molecule has 4 nitrogen and oxygen atoms in total. The molecular weight excluding hydrogens is 239 g/mol. The van der Waals surface area contributed by atoms with E-state index in [2.05, 4.69) is 0 Å². The molecule has 0 unspecified atom stereocenters. The molecule has 0 aromatic rings. The van der Waals surface area contributed by atoms with Crippen molar-refractivity contribution in [2.75, 3.05) is 19.9 Å². The van der Waals surface area contributed by atoms with Gasteiger partial charge >= 0.3 is 11.9 Å². The summed E-state index contributed by atoms with van der Waals surface area (Å²) in [5.41, 5.74) is -1.34. The molecule has 0 amide bonds. The lowest BCUT2D eigenvalue weighted by atomic mass is 9.79. The van der Waals surface area contributed by atoms with E-state index in [4.69, 9.17) is 9.47 Å². The SMILES string of the molecule is CCCC(CCCF)(C(=O)OCC)C(=O)OCC. The molecule has 0 aromatic heterocycles. The molecule has 0 rings (SSSR count). The van der Waals surface area contributed by atoms with Gasteiger partial charge in [0, 0.05) is 0 Å². The minimum Gasteiger partial charge on any atom is -0.465 e. The van der Waals surface area contributed by atoms with Crippen molar-refractivity contribution in [2.45, 2.75) is 46.5 Å². The van der Waals surface area contributed by atoms with Gasteiger partial charge in [0.1, 0.15) is 0 Å². The number of hydrogen-bond donors (Lipinski definition) is 0. The highest BCUT2D eigenvalue weighted by atomic mass is 19.1. The van der Waals surface area contributed by atoms with Crippen LogP contribution in [-0.4, -0.2) is 31.8 Å². The van der Waals surface area contributed by atoms with E-state index >= 15 is 0 Å². The van der Waals surface area contributed by atoms with Crippen LogP contribution in [0.1, 0.15) is 46.5 Å². The fraction of sp³-hybridized carbons (Fsp3) is 0.846. The highest BCUT2D eigenvalue weighted by Crippen LogP contribution is 2.33. The Morgan fingerprint density at radius 3 is 1.83 bits per heavy atom. The summed E-state index contributed by atoms with van der Waals surface area (Å²) in [6.07, 6.45) is 1.24. The first-order valence-corrected chi connectivity index (χ1v) is 6.49. The van der Waals surface area contributed by atoms with E-state index in [1.54, 1.807) is 13.8 Å². The molecule has 0 aromatic carbocycles. The Kier molecular flexibility index (Phi) is 8.33. The number of halogens is 1. The van der Waals surface area contributed by atoms with Gasteiger partial charge in [-0.15, -0.1) is 0 Å². The van der Waals surface area contributed by atoms with Crippen molar-refractivity contribution in [3.05, 3.63) is 0 Å². The van der Waals surface area contributed by atoms with Gasteiger partial charge in [-0.05, 0) is 33.1 Å². The largest absolute Gasteiger partial charge is 0.465 e. The number of alkyl halides is 1. The Labute approximate surface area is 108 Å². The zero-order chi connectivity index (χ0) is 14.0. The van der Waals surface area contributed by atoms with Gasteiger partial charge in [-0.2, -0.15) is 0 Å². The molecule has 0 fully saturated rings. The van der Waals surface area contributed by atoms with E-state index in [0.717, 1.165) is 0 Å². The molecule has 0 aliphatic heterocycles. The molecule has 5 heteroatoms. The van der Waals surface area contributed by atoms with Crippen LogP contribution < -0.4 is 0 Å². The van der Waals surface area contributed by atoms with E-state index in [-0.39, 0.29) is 26.1 Å². The topological polar surface area (TPSA) is 52.6 Å². The maximum Gasteiger partial charge on any atom is 0.323 e. The second-order valence-corrected chi connectivity index (χ2v) is 4.07. The Morgan fingerprint density at radius 1 is 1.00 bits per heavy atom. The van der Waals surface area contributed by atoms with E-state index in [1.807, 2.05) is 6.92 Å². The van der Waals surface area contributed by atoms with Crippen LogP contribution in [0.3, 0.4) is 0 Å². The zero-order valence-electron chi connectivity index (χ0n) is 11.5. The number of ether oxygens (including phenoxy) is 2. The molecule has 0 spiro atoms. The number of rotatable bonds is 9. The molecule has 0 aliphatic rings. The van der Waals surface area contributed by atoms with Crippen molar-refractivity contribution in [1.29, 1.82) is 0 Å². The lowest BCUT2D eigenvalue weighted by molar-refractivity contribution is -0.173. The number of hydrogen-bond acceptors (Lipinski definition) is 4. The molecule has 0 aliphatic carbocycles. The number of carbonyl (C=O) groups is 2. The van der Waals surface area contributed by atoms with Crippen molar-refractivity contribution < 1.29 is 23.5 Å². The summed E-state index contributed by atoms with van der Waals surface area (Å²) in [7, 11) is 0. The van der Waals surface area contributed by atoms with E-state index in [0.29, 0.717) is 12.8 Å². The molecule has 0 saturated carbocycles. The fourth-order valence-electron chi connectivity index (χ4n) is 1.95. The molecule has 106 valence electrons. The number of carbonyl (C=O) groups excluding carboxylic acids is 2. The summed E-state index contributed by atoms with van der Waals surface area (Å²) in [5, 5.41) is 0. The molecule has 0 N–H and O–H groups in total. The van der Waals surface area contributed by atoms with Crippen LogP contribution >= 0.6 is 0 Å². The van der Waals surface area contributed by atoms with Gasteiger partial charge in [0.05, 0.1) is 19.9 Å². The minimum absolute atomic E-state index is 0.134. The molecular formula is C13H23FO4. The average Bonchev–Trinajstić information content (AvgIpc) is 2.35. The van der Waals surface area contributed by atoms with Crippen LogP contribution in [0.5, 0.6) is 0 Å². The molecule has 0 saturated heterocycles. The zero-order valence-corrected chi connectivity index (χ0v) is 11.5. The van der Waals surface area contributed by atoms with E-state index < -0.39 is 24.0 Å². The first-order chi connectivity index (χ1) is 8.58. The first-order valence-electron chi connectivity index (χ1n) is 6.49. The summed E-state index contributed by atoms with van der Waals surface area (Å²) < 4.78 is 22.3. The van der Waals surface area contributed by atoms with Gasteiger partial charge < -0.3 is 9.47 Å². The van der Waals surface area contributed by atoms with Gasteiger partial charge in [-0.1, -0.05) is 13.3 Å². The number of esters is 2. The third kappa shape index (κ3) is 4.27. The summed E-state index contributed by atoms with van der Waals surface area (Å²) >= 11 is 0. The second-order valence-electron chi connectivity index (χ2n) is 4.07. The summed E-state index contributed by atoms with van der Waals surface area (Å²) in [4.78, 5) is 24.1. The summed E-state index contributed by atoms with van der Waals surface area (Å²) in [6.45, 7) is 5.04. The Bertz CT molecular complexity index is 248. The standard InChI is InChI=1S/C13H23FO4/c1-4-8-13(9-7-10-14,11(15)17-5-2)12(16)18-6-3/h4-10H2,1-3H3.